The number of nitrogens with zero attached hydrogens (tertiary/aromatic N) is 1. The van der Waals surface area contributed by atoms with Gasteiger partial charge in [0.1, 0.15) is 12.4 Å². The van der Waals surface area contributed by atoms with E-state index in [1.807, 2.05) is 0 Å². The van der Waals surface area contributed by atoms with Crippen LogP contribution in [0.25, 0.3) is 0 Å². The predicted molar refractivity (Wildman–Crippen MR) is 72.0 cm³/mol. The molecule has 1 aromatic carbocycles. The summed E-state index contributed by atoms with van der Waals surface area (Å²) in [5.41, 5.74) is 0.448. The third-order valence-corrected chi connectivity index (χ3v) is 3.66. The number of ketones is 1. The number of carbonyl (C=O) groups excluding carboxylic acids is 1. The molecule has 0 N–H and O–H groups in total. The summed E-state index contributed by atoms with van der Waals surface area (Å²) in [5.74, 6) is -0.443. The van der Waals surface area contributed by atoms with Crippen molar-refractivity contribution < 1.29 is 17.9 Å². The maximum absolute atomic E-state index is 11.7. The van der Waals surface area contributed by atoms with E-state index >= 15 is 0 Å². The topological polar surface area (TPSA) is 72.8 Å². The normalized spacial score (nSPS) is 15.3. The Labute approximate surface area is 111 Å². The molecular formula is C13H13NO4S. The fraction of sp³-hybridized carbons (Fsp3) is 0.231. The minimum Gasteiger partial charge on any atom is -0.478 e. The molecule has 5 nitrogen and oxygen atoms in total. The van der Waals surface area contributed by atoms with E-state index < -0.39 is 9.84 Å². The maximum atomic E-state index is 11.7. The third-order valence-electron chi connectivity index (χ3n) is 2.46. The van der Waals surface area contributed by atoms with E-state index in [4.69, 9.17) is 4.74 Å². The van der Waals surface area contributed by atoms with Gasteiger partial charge in [-0.25, -0.2) is 8.42 Å². The molecule has 1 aliphatic heterocycles. The molecule has 6 heteroatoms. The Bertz CT molecular complexity index is 617. The summed E-state index contributed by atoms with van der Waals surface area (Å²) in [6.45, 7) is 0.898. The molecule has 0 spiro atoms. The summed E-state index contributed by atoms with van der Waals surface area (Å²) in [6.07, 6.45) is 1.06. The lowest BCUT2D eigenvalue weighted by atomic mass is 10.1. The number of ether oxygens (including phenoxy) is 1. The van der Waals surface area contributed by atoms with Crippen LogP contribution >= 0.6 is 0 Å². The summed E-state index contributed by atoms with van der Waals surface area (Å²) in [4.78, 5) is 15.6. The largest absolute Gasteiger partial charge is 0.478 e. The molecule has 2 rings (SSSR count). The Morgan fingerprint density at radius 3 is 2.68 bits per heavy atom. The monoisotopic (exact) mass is 279 g/mol. The van der Waals surface area contributed by atoms with Crippen LogP contribution in [0.3, 0.4) is 0 Å². The van der Waals surface area contributed by atoms with Crippen molar-refractivity contribution in [3.63, 3.8) is 0 Å². The van der Waals surface area contributed by atoms with Gasteiger partial charge in [0.05, 0.1) is 6.54 Å². The third kappa shape index (κ3) is 4.03. The molecule has 0 fully saturated rings. The minimum atomic E-state index is -3.53. The fourth-order valence-corrected chi connectivity index (χ4v) is 2.50. The van der Waals surface area contributed by atoms with Crippen molar-refractivity contribution in [3.05, 3.63) is 47.4 Å². The van der Waals surface area contributed by atoms with E-state index in [0.717, 1.165) is 11.5 Å². The fourth-order valence-electron chi connectivity index (χ4n) is 1.55. The van der Waals surface area contributed by atoms with Gasteiger partial charge in [0, 0.05) is 11.0 Å². The first-order valence-electron chi connectivity index (χ1n) is 5.73. The lowest BCUT2D eigenvalue weighted by molar-refractivity contribution is 0.104. The zero-order valence-corrected chi connectivity index (χ0v) is 11.0. The summed E-state index contributed by atoms with van der Waals surface area (Å²) in [7, 11) is -3.53. The molecule has 0 saturated heterocycles. The predicted octanol–water partition coefficient (Wildman–Crippen LogP) is 1.23. The molecule has 0 aromatic heterocycles. The smallest absolute Gasteiger partial charge is 0.199 e. The highest BCUT2D eigenvalue weighted by atomic mass is 32.2. The summed E-state index contributed by atoms with van der Waals surface area (Å²) >= 11 is 0. The molecule has 0 unspecified atom stereocenters. The van der Waals surface area contributed by atoms with Gasteiger partial charge in [0.25, 0.3) is 0 Å². The standard InChI is InChI=1S/C13H13NO4S/c15-12(11-4-2-1-3-5-11)6-9-19(16,17)10-13-14-7-8-18-13/h1-6,9H,7-8,10H2/b9-6+. The average Bonchev–Trinajstić information content (AvgIpc) is 2.89. The van der Waals surface area contributed by atoms with Gasteiger partial charge in [-0.2, -0.15) is 0 Å². The summed E-state index contributed by atoms with van der Waals surface area (Å²) in [5, 5.41) is 0.909. The highest BCUT2D eigenvalue weighted by Gasteiger charge is 2.16. The summed E-state index contributed by atoms with van der Waals surface area (Å²) < 4.78 is 28.5. The van der Waals surface area contributed by atoms with Crippen molar-refractivity contribution in [2.24, 2.45) is 4.99 Å². The van der Waals surface area contributed by atoms with Gasteiger partial charge >= 0.3 is 0 Å². The van der Waals surface area contributed by atoms with E-state index in [1.54, 1.807) is 30.3 Å². The second-order valence-electron chi connectivity index (χ2n) is 3.96. The van der Waals surface area contributed by atoms with Gasteiger partial charge in [0.15, 0.2) is 21.5 Å². The number of hydrogen-bond acceptors (Lipinski definition) is 5. The van der Waals surface area contributed by atoms with Gasteiger partial charge in [-0.05, 0) is 6.08 Å². The van der Waals surface area contributed by atoms with Crippen molar-refractivity contribution in [1.29, 1.82) is 0 Å². The number of rotatable bonds is 5. The number of carbonyl (C=O) groups is 1. The van der Waals surface area contributed by atoms with Crippen LogP contribution in [0.4, 0.5) is 0 Å². The van der Waals surface area contributed by atoms with Crippen LogP contribution in [0.2, 0.25) is 0 Å². The number of hydrogen-bond donors (Lipinski definition) is 0. The van der Waals surface area contributed by atoms with Crippen molar-refractivity contribution in [2.45, 2.75) is 0 Å². The lowest BCUT2D eigenvalue weighted by Gasteiger charge is -1.99. The second kappa shape index (κ2) is 5.79. The number of allylic oxidation sites excluding steroid dienone is 1. The molecule has 0 radical (unpaired) electrons. The average molecular weight is 279 g/mol. The van der Waals surface area contributed by atoms with E-state index in [2.05, 4.69) is 4.99 Å². The van der Waals surface area contributed by atoms with Crippen LogP contribution < -0.4 is 0 Å². The van der Waals surface area contributed by atoms with Gasteiger partial charge in [-0.3, -0.25) is 9.79 Å². The van der Waals surface area contributed by atoms with Gasteiger partial charge < -0.3 is 4.74 Å². The molecule has 1 heterocycles. The highest BCUT2D eigenvalue weighted by Crippen LogP contribution is 2.04. The molecule has 100 valence electrons. The van der Waals surface area contributed by atoms with Crippen LogP contribution in [0.5, 0.6) is 0 Å². The quantitative estimate of drug-likeness (QED) is 0.600. The Morgan fingerprint density at radius 1 is 1.32 bits per heavy atom. The van der Waals surface area contributed by atoms with E-state index in [9.17, 15) is 13.2 Å². The van der Waals surface area contributed by atoms with E-state index in [0.29, 0.717) is 18.7 Å². The molecule has 0 amide bonds. The first-order chi connectivity index (χ1) is 9.07. The van der Waals surface area contributed by atoms with E-state index in [1.165, 1.54) is 0 Å². The van der Waals surface area contributed by atoms with Crippen molar-refractivity contribution >= 4 is 21.5 Å². The molecule has 0 aliphatic carbocycles. The van der Waals surface area contributed by atoms with E-state index in [-0.39, 0.29) is 17.4 Å². The second-order valence-corrected chi connectivity index (χ2v) is 5.85. The van der Waals surface area contributed by atoms with Crippen LogP contribution in [0.15, 0.2) is 46.8 Å². The highest BCUT2D eigenvalue weighted by molar-refractivity contribution is 7.94. The lowest BCUT2D eigenvalue weighted by Crippen LogP contribution is -2.14. The number of aliphatic imine (C=N–C) groups is 1. The van der Waals surface area contributed by atoms with Crippen LogP contribution in [0.1, 0.15) is 10.4 Å². The molecule has 0 saturated carbocycles. The van der Waals surface area contributed by atoms with Crippen LogP contribution in [-0.2, 0) is 14.6 Å². The zero-order chi connectivity index (χ0) is 13.7. The number of benzene rings is 1. The Hall–Kier alpha value is -1.95. The first kappa shape index (κ1) is 13.5. The molecule has 0 atom stereocenters. The Balaban J connectivity index is 2.03. The molecule has 19 heavy (non-hydrogen) atoms. The van der Waals surface area contributed by atoms with Crippen LogP contribution in [0, 0.1) is 0 Å². The Kier molecular flexibility index (Phi) is 4.11. The minimum absolute atomic E-state index is 0.205. The van der Waals surface area contributed by atoms with Gasteiger partial charge in [0.2, 0.25) is 0 Å². The SMILES string of the molecule is O=C(/C=C/S(=O)(=O)CC1=NCCO1)c1ccccc1. The van der Waals surface area contributed by atoms with Gasteiger partial charge in [-0.15, -0.1) is 0 Å². The van der Waals surface area contributed by atoms with Crippen LogP contribution in [-0.4, -0.2) is 39.0 Å². The summed E-state index contributed by atoms with van der Waals surface area (Å²) in [6, 6.07) is 8.48. The van der Waals surface area contributed by atoms with Gasteiger partial charge in [-0.1, -0.05) is 30.3 Å². The molecular weight excluding hydrogens is 266 g/mol. The van der Waals surface area contributed by atoms with Crippen molar-refractivity contribution in [3.8, 4) is 0 Å². The zero-order valence-electron chi connectivity index (χ0n) is 10.2. The number of sulfone groups is 1. The van der Waals surface area contributed by atoms with Crippen molar-refractivity contribution in [2.75, 3.05) is 18.9 Å². The molecule has 0 bridgehead atoms. The van der Waals surface area contributed by atoms with Crippen molar-refractivity contribution in [1.82, 2.24) is 0 Å². The maximum Gasteiger partial charge on any atom is 0.199 e. The molecule has 1 aliphatic rings. The Morgan fingerprint density at radius 2 is 2.05 bits per heavy atom. The molecule has 1 aromatic rings. The first-order valence-corrected chi connectivity index (χ1v) is 7.45.